The highest BCUT2D eigenvalue weighted by Crippen LogP contribution is 2.43. The maximum absolute atomic E-state index is 3.49. The van der Waals surface area contributed by atoms with Crippen molar-refractivity contribution in [2.24, 2.45) is 0 Å². The van der Waals surface area contributed by atoms with Crippen molar-refractivity contribution in [1.82, 2.24) is 0 Å². The van der Waals surface area contributed by atoms with Crippen molar-refractivity contribution in [3.8, 4) is 0 Å². The van der Waals surface area contributed by atoms with Crippen LogP contribution in [0.15, 0.2) is 97.1 Å². The van der Waals surface area contributed by atoms with Gasteiger partial charge in [-0.2, -0.15) is 0 Å². The Morgan fingerprint density at radius 3 is 2.48 bits per heavy atom. The second-order valence-electron chi connectivity index (χ2n) is 7.06. The van der Waals surface area contributed by atoms with E-state index in [0.717, 1.165) is 6.42 Å². The fraction of sp³-hybridized carbons (Fsp3) is 0.0741. The van der Waals surface area contributed by atoms with Crippen molar-refractivity contribution in [2.45, 2.75) is 12.3 Å². The highest BCUT2D eigenvalue weighted by molar-refractivity contribution is 5.77. The molecular formula is C27H20. The minimum atomic E-state index is 0.418. The van der Waals surface area contributed by atoms with Crippen LogP contribution in [-0.4, -0.2) is 0 Å². The van der Waals surface area contributed by atoms with E-state index in [4.69, 9.17) is 0 Å². The maximum Gasteiger partial charge on any atom is 0.0136 e. The van der Waals surface area contributed by atoms with Crippen LogP contribution in [0.4, 0.5) is 0 Å². The average Bonchev–Trinajstić information content (AvgIpc) is 3.15. The minimum Gasteiger partial charge on any atom is -0.0761 e. The first-order chi connectivity index (χ1) is 13.4. The molecule has 0 aliphatic heterocycles. The van der Waals surface area contributed by atoms with Crippen LogP contribution in [0.5, 0.6) is 0 Å². The Morgan fingerprint density at radius 2 is 1.63 bits per heavy atom. The molecule has 5 rings (SSSR count). The first-order valence-electron chi connectivity index (χ1n) is 9.48. The van der Waals surface area contributed by atoms with Crippen LogP contribution >= 0.6 is 0 Å². The highest BCUT2D eigenvalue weighted by Gasteiger charge is 2.27. The van der Waals surface area contributed by atoms with Gasteiger partial charge >= 0.3 is 0 Å². The molecule has 2 aliphatic rings. The van der Waals surface area contributed by atoms with E-state index in [2.05, 4.69) is 104 Å². The summed E-state index contributed by atoms with van der Waals surface area (Å²) in [5.41, 5.74) is 6.85. The Labute approximate surface area is 160 Å². The lowest BCUT2D eigenvalue weighted by Gasteiger charge is -2.11. The Kier molecular flexibility index (Phi) is 4.10. The molecular weight excluding hydrogens is 324 g/mol. The monoisotopic (exact) mass is 344 g/mol. The van der Waals surface area contributed by atoms with Crippen LogP contribution in [-0.2, 0) is 0 Å². The van der Waals surface area contributed by atoms with Crippen molar-refractivity contribution in [1.29, 1.82) is 0 Å². The summed E-state index contributed by atoms with van der Waals surface area (Å²) >= 11 is 0. The normalized spacial score (nSPS) is 22.0. The minimum absolute atomic E-state index is 0.418. The standard InChI is InChI=1S/C27H20/c1-3-11-20(12-4-1)22-15-7-8-16-23(22)27-19-26(21-13-5-2-6-14-21)24-17-9-10-18-25(24)27/h1-14,16-18,26H,19H2. The van der Waals surface area contributed by atoms with Gasteiger partial charge in [0.2, 0.25) is 0 Å². The summed E-state index contributed by atoms with van der Waals surface area (Å²) in [6.07, 6.45) is 11.6. The molecule has 2 aliphatic carbocycles. The van der Waals surface area contributed by atoms with Gasteiger partial charge in [0.15, 0.2) is 0 Å². The third-order valence-electron chi connectivity index (χ3n) is 5.52. The van der Waals surface area contributed by atoms with Crippen LogP contribution in [0.2, 0.25) is 0 Å². The molecule has 0 heterocycles. The number of allylic oxidation sites excluding steroid dienone is 4. The van der Waals surface area contributed by atoms with E-state index in [-0.39, 0.29) is 0 Å². The summed E-state index contributed by atoms with van der Waals surface area (Å²) in [5, 5.41) is 2.49. The Balaban J connectivity index is 1.79. The molecule has 0 spiro atoms. The Morgan fingerprint density at radius 1 is 0.778 bits per heavy atom. The summed E-state index contributed by atoms with van der Waals surface area (Å²) in [6, 6.07) is 29.6. The van der Waals surface area contributed by atoms with Gasteiger partial charge in [-0.15, -0.1) is 0 Å². The SMILES string of the molecule is [c]1cccc(=C2CC(c3ccccc3)c3ccccc32)c1=C1[CH]C=CC=C1. The average molecular weight is 344 g/mol. The fourth-order valence-electron chi connectivity index (χ4n) is 4.27. The van der Waals surface area contributed by atoms with E-state index in [1.54, 1.807) is 0 Å². The van der Waals surface area contributed by atoms with Crippen molar-refractivity contribution in [2.75, 3.05) is 0 Å². The van der Waals surface area contributed by atoms with Crippen molar-refractivity contribution in [3.05, 3.63) is 137 Å². The molecule has 0 N–H and O–H groups in total. The maximum atomic E-state index is 3.49. The van der Waals surface area contributed by atoms with Gasteiger partial charge in [-0.1, -0.05) is 97.1 Å². The van der Waals surface area contributed by atoms with Gasteiger partial charge in [0.1, 0.15) is 0 Å². The van der Waals surface area contributed by atoms with Gasteiger partial charge in [0, 0.05) is 12.3 Å². The third kappa shape index (κ3) is 2.88. The largest absolute Gasteiger partial charge is 0.0761 e. The predicted octanol–water partition coefficient (Wildman–Crippen LogP) is 4.70. The fourth-order valence-corrected chi connectivity index (χ4v) is 4.27. The lowest BCUT2D eigenvalue weighted by Crippen LogP contribution is -2.29. The molecule has 0 saturated heterocycles. The topological polar surface area (TPSA) is 0 Å². The van der Waals surface area contributed by atoms with Gasteiger partial charge in [-0.25, -0.2) is 0 Å². The van der Waals surface area contributed by atoms with Gasteiger partial charge < -0.3 is 0 Å². The van der Waals surface area contributed by atoms with Crippen LogP contribution in [0.3, 0.4) is 0 Å². The summed E-state index contributed by atoms with van der Waals surface area (Å²) in [7, 11) is 0. The summed E-state index contributed by atoms with van der Waals surface area (Å²) in [6.45, 7) is 0. The zero-order chi connectivity index (χ0) is 18.1. The van der Waals surface area contributed by atoms with Gasteiger partial charge in [-0.3, -0.25) is 0 Å². The number of benzene rings is 3. The van der Waals surface area contributed by atoms with Crippen LogP contribution in [0.25, 0.3) is 11.1 Å². The van der Waals surface area contributed by atoms with Gasteiger partial charge in [-0.05, 0) is 50.8 Å². The van der Waals surface area contributed by atoms with E-state index in [9.17, 15) is 0 Å². The molecule has 1 unspecified atom stereocenters. The summed E-state index contributed by atoms with van der Waals surface area (Å²) in [5.74, 6) is 0.418. The third-order valence-corrected chi connectivity index (χ3v) is 5.52. The molecule has 3 aromatic rings. The Hall–Kier alpha value is -3.12. The molecule has 0 bridgehead atoms. The lowest BCUT2D eigenvalue weighted by atomic mass is 9.93. The molecule has 0 aromatic heterocycles. The first-order valence-corrected chi connectivity index (χ1v) is 9.48. The molecule has 27 heavy (non-hydrogen) atoms. The molecule has 0 amide bonds. The van der Waals surface area contributed by atoms with Crippen LogP contribution in [0, 0.1) is 12.5 Å². The molecule has 0 heteroatoms. The number of rotatable bonds is 1. The Bertz CT molecular complexity index is 1160. The van der Waals surface area contributed by atoms with E-state index >= 15 is 0 Å². The molecule has 3 aromatic carbocycles. The van der Waals surface area contributed by atoms with Crippen LogP contribution in [0.1, 0.15) is 29.0 Å². The number of fused-ring (bicyclic) bond motifs is 1. The lowest BCUT2D eigenvalue weighted by molar-refractivity contribution is 0.879. The van der Waals surface area contributed by atoms with Gasteiger partial charge in [0.05, 0.1) is 0 Å². The molecule has 1 atom stereocenters. The van der Waals surface area contributed by atoms with Gasteiger partial charge in [0.25, 0.3) is 0 Å². The van der Waals surface area contributed by atoms with E-state index < -0.39 is 0 Å². The highest BCUT2D eigenvalue weighted by atomic mass is 14.3. The first kappa shape index (κ1) is 16.1. The zero-order valence-corrected chi connectivity index (χ0v) is 15.1. The molecule has 128 valence electrons. The van der Waals surface area contributed by atoms with E-state index in [0.29, 0.717) is 5.92 Å². The molecule has 2 radical (unpaired) electrons. The van der Waals surface area contributed by atoms with E-state index in [1.807, 2.05) is 6.07 Å². The van der Waals surface area contributed by atoms with Crippen molar-refractivity contribution in [3.63, 3.8) is 0 Å². The second-order valence-corrected chi connectivity index (χ2v) is 7.06. The zero-order valence-electron chi connectivity index (χ0n) is 15.1. The number of hydrogen-bond acceptors (Lipinski definition) is 0. The molecule has 0 nitrogen and oxygen atoms in total. The summed E-state index contributed by atoms with van der Waals surface area (Å²) < 4.78 is 0. The van der Waals surface area contributed by atoms with Crippen LogP contribution < -0.4 is 10.4 Å². The quantitative estimate of drug-likeness (QED) is 0.600. The van der Waals surface area contributed by atoms with Crippen molar-refractivity contribution < 1.29 is 0 Å². The second kappa shape index (κ2) is 6.89. The van der Waals surface area contributed by atoms with E-state index in [1.165, 1.54) is 38.3 Å². The smallest absolute Gasteiger partial charge is 0.0136 e. The number of hydrogen-bond donors (Lipinski definition) is 0. The molecule has 0 fully saturated rings. The van der Waals surface area contributed by atoms with Crippen molar-refractivity contribution >= 4 is 11.1 Å². The molecule has 0 saturated carbocycles. The summed E-state index contributed by atoms with van der Waals surface area (Å²) in [4.78, 5) is 0. The predicted molar refractivity (Wildman–Crippen MR) is 112 cm³/mol.